The molecule has 0 spiro atoms. The van der Waals surface area contributed by atoms with Crippen molar-refractivity contribution in [3.63, 3.8) is 0 Å². The van der Waals surface area contributed by atoms with Crippen LogP contribution in [0.15, 0.2) is 0 Å². The largest absolute Gasteiger partial charge is 0.481 e. The van der Waals surface area contributed by atoms with E-state index < -0.39 is 5.97 Å². The van der Waals surface area contributed by atoms with Crippen LogP contribution in [-0.2, 0) is 9.59 Å². The first kappa shape index (κ1) is 10.4. The normalized spacial score (nSPS) is 23.4. The van der Waals surface area contributed by atoms with E-state index in [-0.39, 0.29) is 23.7 Å². The van der Waals surface area contributed by atoms with Gasteiger partial charge in [0.05, 0.1) is 11.8 Å². The van der Waals surface area contributed by atoms with Crippen molar-refractivity contribution in [2.24, 2.45) is 17.1 Å². The molecule has 1 aliphatic heterocycles. The highest BCUT2D eigenvalue weighted by molar-refractivity contribution is 5.86. The molecule has 84 valence electrons. The minimum Gasteiger partial charge on any atom is -0.481 e. The molecular weight excluding hydrogens is 196 g/mol. The van der Waals surface area contributed by atoms with E-state index in [1.165, 1.54) is 0 Å². The molecule has 0 aromatic heterocycles. The van der Waals surface area contributed by atoms with Crippen molar-refractivity contribution < 1.29 is 14.7 Å². The van der Waals surface area contributed by atoms with Crippen molar-refractivity contribution in [2.45, 2.75) is 19.3 Å². The molecule has 1 saturated heterocycles. The summed E-state index contributed by atoms with van der Waals surface area (Å²) < 4.78 is 0. The molecule has 2 aliphatic rings. The van der Waals surface area contributed by atoms with Crippen molar-refractivity contribution in [2.75, 3.05) is 19.6 Å². The summed E-state index contributed by atoms with van der Waals surface area (Å²) in [7, 11) is 0. The molecule has 1 aliphatic carbocycles. The maximum atomic E-state index is 11.9. The van der Waals surface area contributed by atoms with Crippen LogP contribution in [-0.4, -0.2) is 41.5 Å². The third-order valence-electron chi connectivity index (χ3n) is 3.41. The van der Waals surface area contributed by atoms with Gasteiger partial charge in [-0.05, 0) is 12.8 Å². The Balaban J connectivity index is 1.80. The molecule has 2 rings (SSSR count). The number of carbonyl (C=O) groups is 2. The van der Waals surface area contributed by atoms with Crippen LogP contribution in [0, 0.1) is 11.3 Å². The zero-order valence-corrected chi connectivity index (χ0v) is 8.61. The zero-order valence-electron chi connectivity index (χ0n) is 8.61. The molecule has 2 fully saturated rings. The van der Waals surface area contributed by atoms with Crippen LogP contribution < -0.4 is 5.73 Å². The lowest BCUT2D eigenvalue weighted by atomic mass is 9.93. The summed E-state index contributed by atoms with van der Waals surface area (Å²) in [6.07, 6.45) is 1.95. The highest BCUT2D eigenvalue weighted by atomic mass is 16.4. The van der Waals surface area contributed by atoms with Gasteiger partial charge < -0.3 is 15.7 Å². The lowest BCUT2D eigenvalue weighted by molar-refractivity contribution is -0.148. The quantitative estimate of drug-likeness (QED) is 0.667. The molecule has 0 aromatic carbocycles. The third-order valence-corrected chi connectivity index (χ3v) is 3.41. The van der Waals surface area contributed by atoms with E-state index in [1.807, 2.05) is 0 Å². The summed E-state index contributed by atoms with van der Waals surface area (Å²) in [6.45, 7) is 1.60. The average molecular weight is 212 g/mol. The van der Waals surface area contributed by atoms with Gasteiger partial charge >= 0.3 is 5.97 Å². The molecule has 0 aromatic rings. The summed E-state index contributed by atoms with van der Waals surface area (Å²) in [4.78, 5) is 24.0. The Morgan fingerprint density at radius 3 is 2.40 bits per heavy atom. The second kappa shape index (κ2) is 3.48. The van der Waals surface area contributed by atoms with Gasteiger partial charge in [0, 0.05) is 25.6 Å². The molecular formula is C10H16N2O3. The van der Waals surface area contributed by atoms with Crippen LogP contribution in [0.5, 0.6) is 0 Å². The van der Waals surface area contributed by atoms with Crippen LogP contribution in [0.3, 0.4) is 0 Å². The SMILES string of the molecule is NCC1(C(=O)N2CC(CC(=O)O)C2)CC1. The second-order valence-corrected chi connectivity index (χ2v) is 4.66. The van der Waals surface area contributed by atoms with Crippen LogP contribution in [0.4, 0.5) is 0 Å². The molecule has 15 heavy (non-hydrogen) atoms. The summed E-state index contributed by atoms with van der Waals surface area (Å²) in [5.41, 5.74) is 5.28. The van der Waals surface area contributed by atoms with Gasteiger partial charge in [0.25, 0.3) is 0 Å². The molecule has 5 heteroatoms. The first-order valence-corrected chi connectivity index (χ1v) is 5.29. The van der Waals surface area contributed by atoms with E-state index >= 15 is 0 Å². The van der Waals surface area contributed by atoms with Crippen LogP contribution in [0.1, 0.15) is 19.3 Å². The number of rotatable bonds is 4. The average Bonchev–Trinajstić information content (AvgIpc) is 2.89. The fraction of sp³-hybridized carbons (Fsp3) is 0.800. The van der Waals surface area contributed by atoms with Crippen LogP contribution >= 0.6 is 0 Å². The van der Waals surface area contributed by atoms with Crippen molar-refractivity contribution in [3.05, 3.63) is 0 Å². The van der Waals surface area contributed by atoms with Gasteiger partial charge in [-0.3, -0.25) is 9.59 Å². The Morgan fingerprint density at radius 1 is 1.40 bits per heavy atom. The van der Waals surface area contributed by atoms with Crippen molar-refractivity contribution in [1.82, 2.24) is 4.90 Å². The van der Waals surface area contributed by atoms with E-state index in [2.05, 4.69) is 0 Å². The summed E-state index contributed by atoms with van der Waals surface area (Å²) in [6, 6.07) is 0. The predicted octanol–water partition coefficient (Wildman–Crippen LogP) is -0.342. The number of carboxylic acid groups (broad SMARTS) is 1. The smallest absolute Gasteiger partial charge is 0.303 e. The summed E-state index contributed by atoms with van der Waals surface area (Å²) >= 11 is 0. The molecule has 3 N–H and O–H groups in total. The molecule has 1 saturated carbocycles. The lowest BCUT2D eigenvalue weighted by Gasteiger charge is -2.40. The Bertz CT molecular complexity index is 293. The van der Waals surface area contributed by atoms with Crippen molar-refractivity contribution in [3.8, 4) is 0 Å². The second-order valence-electron chi connectivity index (χ2n) is 4.66. The minimum absolute atomic E-state index is 0.131. The van der Waals surface area contributed by atoms with Gasteiger partial charge in [-0.15, -0.1) is 0 Å². The van der Waals surface area contributed by atoms with Gasteiger partial charge in [0.1, 0.15) is 0 Å². The molecule has 1 heterocycles. The molecule has 5 nitrogen and oxygen atoms in total. The van der Waals surface area contributed by atoms with Gasteiger partial charge in [-0.1, -0.05) is 0 Å². The number of hydrogen-bond donors (Lipinski definition) is 2. The Kier molecular flexibility index (Phi) is 2.42. The van der Waals surface area contributed by atoms with E-state index in [1.54, 1.807) is 4.90 Å². The van der Waals surface area contributed by atoms with Crippen LogP contribution in [0.25, 0.3) is 0 Å². The third kappa shape index (κ3) is 1.84. The van der Waals surface area contributed by atoms with E-state index in [0.717, 1.165) is 12.8 Å². The maximum absolute atomic E-state index is 11.9. The topological polar surface area (TPSA) is 83.6 Å². The van der Waals surface area contributed by atoms with Gasteiger partial charge in [-0.2, -0.15) is 0 Å². The molecule has 1 amide bonds. The lowest BCUT2D eigenvalue weighted by Crippen LogP contribution is -2.54. The Hall–Kier alpha value is -1.10. The first-order chi connectivity index (χ1) is 7.07. The van der Waals surface area contributed by atoms with Gasteiger partial charge in [0.15, 0.2) is 0 Å². The highest BCUT2D eigenvalue weighted by Crippen LogP contribution is 2.47. The van der Waals surface area contributed by atoms with Crippen LogP contribution in [0.2, 0.25) is 0 Å². The number of amides is 1. The predicted molar refractivity (Wildman–Crippen MR) is 53.0 cm³/mol. The summed E-state index contributed by atoms with van der Waals surface area (Å²) in [5, 5.41) is 8.57. The van der Waals surface area contributed by atoms with Crippen molar-refractivity contribution in [1.29, 1.82) is 0 Å². The fourth-order valence-corrected chi connectivity index (χ4v) is 2.10. The standard InChI is InChI=1S/C10H16N2O3/c11-6-10(1-2-10)9(15)12-4-7(5-12)3-8(13)14/h7H,1-6,11H2,(H,13,14). The van der Waals surface area contributed by atoms with Crippen molar-refractivity contribution >= 4 is 11.9 Å². The van der Waals surface area contributed by atoms with E-state index in [4.69, 9.17) is 10.8 Å². The van der Waals surface area contributed by atoms with Gasteiger partial charge in [0.2, 0.25) is 5.91 Å². The van der Waals surface area contributed by atoms with Gasteiger partial charge in [-0.25, -0.2) is 0 Å². The Morgan fingerprint density at radius 2 is 2.00 bits per heavy atom. The number of nitrogens with zero attached hydrogens (tertiary/aromatic N) is 1. The van der Waals surface area contributed by atoms with E-state index in [0.29, 0.717) is 19.6 Å². The first-order valence-electron chi connectivity index (χ1n) is 5.29. The fourth-order valence-electron chi connectivity index (χ4n) is 2.10. The maximum Gasteiger partial charge on any atom is 0.303 e. The highest BCUT2D eigenvalue weighted by Gasteiger charge is 2.52. The monoisotopic (exact) mass is 212 g/mol. The molecule has 0 atom stereocenters. The number of likely N-dealkylation sites (tertiary alicyclic amines) is 1. The van der Waals surface area contributed by atoms with E-state index in [9.17, 15) is 9.59 Å². The molecule has 0 radical (unpaired) electrons. The molecule has 0 bridgehead atoms. The molecule has 0 unspecified atom stereocenters. The number of hydrogen-bond acceptors (Lipinski definition) is 3. The number of carbonyl (C=O) groups excluding carboxylic acids is 1. The minimum atomic E-state index is -0.785. The number of nitrogens with two attached hydrogens (primary N) is 1. The zero-order chi connectivity index (χ0) is 11.1. The number of carboxylic acids is 1. The number of aliphatic carboxylic acids is 1. The summed E-state index contributed by atoms with van der Waals surface area (Å²) in [5.74, 6) is -0.515. The Labute approximate surface area is 88.2 Å².